The molecule has 0 radical (unpaired) electrons. The van der Waals surface area contributed by atoms with Crippen molar-refractivity contribution >= 4 is 27.5 Å². The SMILES string of the molecule is CCCn1c(=NC(=O)c2ccc(OC)c(OC)c2)sc2ccccc21. The molecule has 1 aromatic heterocycles. The van der Waals surface area contributed by atoms with Gasteiger partial charge in [0.1, 0.15) is 0 Å². The van der Waals surface area contributed by atoms with Gasteiger partial charge in [0.2, 0.25) is 0 Å². The van der Waals surface area contributed by atoms with Crippen LogP contribution < -0.4 is 14.3 Å². The minimum absolute atomic E-state index is 0.294. The number of hydrogen-bond donors (Lipinski definition) is 0. The Morgan fingerprint density at radius 1 is 1.12 bits per heavy atom. The molecule has 0 N–H and O–H groups in total. The van der Waals surface area contributed by atoms with E-state index in [1.165, 1.54) is 11.3 Å². The van der Waals surface area contributed by atoms with Crippen molar-refractivity contribution in [1.29, 1.82) is 0 Å². The lowest BCUT2D eigenvalue weighted by atomic mass is 10.2. The van der Waals surface area contributed by atoms with Crippen molar-refractivity contribution in [1.82, 2.24) is 4.57 Å². The maximum absolute atomic E-state index is 12.6. The monoisotopic (exact) mass is 356 g/mol. The van der Waals surface area contributed by atoms with Gasteiger partial charge in [-0.25, -0.2) is 0 Å². The number of thiazole rings is 1. The second-order valence-corrected chi connectivity index (χ2v) is 6.50. The number of carbonyl (C=O) groups excluding carboxylic acids is 1. The van der Waals surface area contributed by atoms with Gasteiger partial charge in [-0.15, -0.1) is 0 Å². The molecule has 25 heavy (non-hydrogen) atoms. The molecule has 2 aromatic carbocycles. The Morgan fingerprint density at radius 2 is 1.88 bits per heavy atom. The summed E-state index contributed by atoms with van der Waals surface area (Å²) in [5.41, 5.74) is 1.58. The molecule has 0 aliphatic carbocycles. The summed E-state index contributed by atoms with van der Waals surface area (Å²) in [6, 6.07) is 13.2. The number of rotatable bonds is 5. The smallest absolute Gasteiger partial charge is 0.279 e. The van der Waals surface area contributed by atoms with Crippen LogP contribution in [0.1, 0.15) is 23.7 Å². The van der Waals surface area contributed by atoms with E-state index < -0.39 is 0 Å². The standard InChI is InChI=1S/C19H20N2O3S/c1-4-11-21-14-7-5-6-8-17(14)25-19(21)20-18(22)13-9-10-15(23-2)16(12-13)24-3/h5-10,12H,4,11H2,1-3H3. The van der Waals surface area contributed by atoms with Crippen LogP contribution in [-0.2, 0) is 6.54 Å². The van der Waals surface area contributed by atoms with Gasteiger partial charge in [0, 0.05) is 12.1 Å². The number of hydrogen-bond acceptors (Lipinski definition) is 4. The molecular weight excluding hydrogens is 336 g/mol. The van der Waals surface area contributed by atoms with Crippen LogP contribution in [0, 0.1) is 0 Å². The predicted molar refractivity (Wildman–Crippen MR) is 99.5 cm³/mol. The van der Waals surface area contributed by atoms with Gasteiger partial charge < -0.3 is 14.0 Å². The molecule has 1 amide bonds. The van der Waals surface area contributed by atoms with Crippen LogP contribution in [0.3, 0.4) is 0 Å². The highest BCUT2D eigenvalue weighted by Crippen LogP contribution is 2.27. The average Bonchev–Trinajstić information content (AvgIpc) is 2.98. The van der Waals surface area contributed by atoms with Crippen molar-refractivity contribution in [3.63, 3.8) is 0 Å². The minimum Gasteiger partial charge on any atom is -0.493 e. The van der Waals surface area contributed by atoms with Crippen molar-refractivity contribution in [2.75, 3.05) is 14.2 Å². The maximum Gasteiger partial charge on any atom is 0.279 e. The normalized spacial score (nSPS) is 11.7. The molecule has 6 heteroatoms. The van der Waals surface area contributed by atoms with Crippen LogP contribution in [0.2, 0.25) is 0 Å². The molecule has 0 fully saturated rings. The Hall–Kier alpha value is -2.60. The third-order valence-electron chi connectivity index (χ3n) is 3.86. The van der Waals surface area contributed by atoms with Gasteiger partial charge in [-0.05, 0) is 36.8 Å². The number of nitrogens with zero attached hydrogens (tertiary/aromatic N) is 2. The number of fused-ring (bicyclic) bond motifs is 1. The van der Waals surface area contributed by atoms with Crippen LogP contribution in [-0.4, -0.2) is 24.7 Å². The Bertz CT molecular complexity index is 972. The zero-order valence-electron chi connectivity index (χ0n) is 14.5. The summed E-state index contributed by atoms with van der Waals surface area (Å²) in [5, 5.41) is 0. The molecule has 0 saturated carbocycles. The molecule has 0 bridgehead atoms. The molecule has 0 aliphatic rings. The van der Waals surface area contributed by atoms with Crippen molar-refractivity contribution in [3.05, 3.63) is 52.8 Å². The summed E-state index contributed by atoms with van der Waals surface area (Å²) in [4.78, 5) is 17.7. The fraction of sp³-hybridized carbons (Fsp3) is 0.263. The first-order valence-electron chi connectivity index (χ1n) is 8.07. The van der Waals surface area contributed by atoms with E-state index in [1.807, 2.05) is 18.2 Å². The highest BCUT2D eigenvalue weighted by atomic mass is 32.1. The fourth-order valence-corrected chi connectivity index (χ4v) is 3.72. The number of amides is 1. The molecular formula is C19H20N2O3S. The first-order chi connectivity index (χ1) is 12.2. The maximum atomic E-state index is 12.6. The van der Waals surface area contributed by atoms with Gasteiger partial charge in [0.15, 0.2) is 16.3 Å². The van der Waals surface area contributed by atoms with E-state index in [0.717, 1.165) is 23.2 Å². The third kappa shape index (κ3) is 3.44. The molecule has 1 heterocycles. The minimum atomic E-state index is -0.294. The highest BCUT2D eigenvalue weighted by Gasteiger charge is 2.12. The molecule has 0 saturated heterocycles. The fourth-order valence-electron chi connectivity index (χ4n) is 2.67. The molecule has 3 aromatic rings. The predicted octanol–water partition coefficient (Wildman–Crippen LogP) is 3.87. The van der Waals surface area contributed by atoms with E-state index in [1.54, 1.807) is 32.4 Å². The van der Waals surface area contributed by atoms with E-state index in [2.05, 4.69) is 22.5 Å². The topological polar surface area (TPSA) is 52.8 Å². The second kappa shape index (κ2) is 7.53. The highest BCUT2D eigenvalue weighted by molar-refractivity contribution is 7.16. The van der Waals surface area contributed by atoms with Gasteiger partial charge in [-0.1, -0.05) is 30.4 Å². The number of aryl methyl sites for hydroxylation is 1. The summed E-state index contributed by atoms with van der Waals surface area (Å²) in [7, 11) is 3.11. The van der Waals surface area contributed by atoms with E-state index >= 15 is 0 Å². The Kier molecular flexibility index (Phi) is 5.19. The van der Waals surface area contributed by atoms with E-state index in [0.29, 0.717) is 21.9 Å². The molecule has 0 aliphatic heterocycles. The van der Waals surface area contributed by atoms with E-state index in [4.69, 9.17) is 9.47 Å². The molecule has 0 atom stereocenters. The molecule has 0 unspecified atom stereocenters. The number of benzene rings is 2. The largest absolute Gasteiger partial charge is 0.493 e. The van der Waals surface area contributed by atoms with E-state index in [9.17, 15) is 4.79 Å². The summed E-state index contributed by atoms with van der Waals surface area (Å²) < 4.78 is 13.7. The zero-order valence-corrected chi connectivity index (χ0v) is 15.3. The van der Waals surface area contributed by atoms with Gasteiger partial charge >= 0.3 is 0 Å². The summed E-state index contributed by atoms with van der Waals surface area (Å²) in [6.45, 7) is 2.93. The van der Waals surface area contributed by atoms with Gasteiger partial charge in [-0.2, -0.15) is 4.99 Å². The van der Waals surface area contributed by atoms with Gasteiger partial charge in [0.25, 0.3) is 5.91 Å². The number of para-hydroxylation sites is 1. The first kappa shape index (κ1) is 17.2. The number of carbonyl (C=O) groups is 1. The lowest BCUT2D eigenvalue weighted by molar-refractivity contribution is 0.0997. The molecule has 5 nitrogen and oxygen atoms in total. The van der Waals surface area contributed by atoms with Crippen molar-refractivity contribution in [3.8, 4) is 11.5 Å². The molecule has 3 rings (SSSR count). The molecule has 130 valence electrons. The Balaban J connectivity index is 2.07. The third-order valence-corrected chi connectivity index (χ3v) is 4.92. The van der Waals surface area contributed by atoms with Gasteiger partial charge in [0.05, 0.1) is 24.4 Å². The Labute approximate surface area is 150 Å². The Morgan fingerprint density at radius 3 is 2.60 bits per heavy atom. The van der Waals surface area contributed by atoms with Gasteiger partial charge in [-0.3, -0.25) is 4.79 Å². The van der Waals surface area contributed by atoms with Crippen LogP contribution in [0.15, 0.2) is 47.5 Å². The van der Waals surface area contributed by atoms with Crippen LogP contribution >= 0.6 is 11.3 Å². The quantitative estimate of drug-likeness (QED) is 0.697. The lowest BCUT2D eigenvalue weighted by Crippen LogP contribution is -2.16. The van der Waals surface area contributed by atoms with Crippen LogP contribution in [0.25, 0.3) is 10.2 Å². The van der Waals surface area contributed by atoms with Crippen LogP contribution in [0.5, 0.6) is 11.5 Å². The summed E-state index contributed by atoms with van der Waals surface area (Å²) in [5.74, 6) is 0.806. The summed E-state index contributed by atoms with van der Waals surface area (Å²) >= 11 is 1.52. The zero-order chi connectivity index (χ0) is 17.8. The number of aromatic nitrogens is 1. The summed E-state index contributed by atoms with van der Waals surface area (Å²) in [6.07, 6.45) is 0.971. The van der Waals surface area contributed by atoms with Crippen molar-refractivity contribution in [2.24, 2.45) is 4.99 Å². The van der Waals surface area contributed by atoms with E-state index in [-0.39, 0.29) is 5.91 Å². The number of methoxy groups -OCH3 is 2. The number of ether oxygens (including phenoxy) is 2. The first-order valence-corrected chi connectivity index (χ1v) is 8.89. The second-order valence-electron chi connectivity index (χ2n) is 5.49. The average molecular weight is 356 g/mol. The van der Waals surface area contributed by atoms with Crippen molar-refractivity contribution < 1.29 is 14.3 Å². The van der Waals surface area contributed by atoms with Crippen molar-refractivity contribution in [2.45, 2.75) is 19.9 Å². The molecule has 0 spiro atoms. The van der Waals surface area contributed by atoms with Crippen LogP contribution in [0.4, 0.5) is 0 Å². The lowest BCUT2D eigenvalue weighted by Gasteiger charge is -2.07.